The number of nitrogens with zero attached hydrogens (tertiary/aromatic N) is 4. The van der Waals surface area contributed by atoms with Crippen LogP contribution in [0, 0.1) is 0 Å². The summed E-state index contributed by atoms with van der Waals surface area (Å²) in [4.78, 5) is 15.1. The monoisotopic (exact) mass is 260 g/mol. The molecule has 0 atom stereocenters. The Morgan fingerprint density at radius 2 is 2.05 bits per heavy atom. The number of pyridine rings is 1. The Morgan fingerprint density at radius 1 is 1.37 bits per heavy atom. The van der Waals surface area contributed by atoms with Crippen molar-refractivity contribution in [3.8, 4) is 0 Å². The molecule has 2 heterocycles. The molecule has 1 N–H and O–H groups in total. The third-order valence-electron chi connectivity index (χ3n) is 2.88. The number of carbonyl (C=O) groups is 1. The van der Waals surface area contributed by atoms with Gasteiger partial charge in [-0.25, -0.2) is 9.48 Å². The Kier molecular flexibility index (Phi) is 3.89. The van der Waals surface area contributed by atoms with Crippen LogP contribution >= 0.6 is 0 Å². The van der Waals surface area contributed by atoms with Crippen LogP contribution in [0.2, 0.25) is 0 Å². The van der Waals surface area contributed by atoms with Gasteiger partial charge < -0.3 is 5.11 Å². The van der Waals surface area contributed by atoms with Gasteiger partial charge in [-0.15, -0.1) is 5.10 Å². The maximum absolute atomic E-state index is 11.1. The Morgan fingerprint density at radius 3 is 2.63 bits per heavy atom. The van der Waals surface area contributed by atoms with Gasteiger partial charge >= 0.3 is 5.97 Å². The maximum atomic E-state index is 11.1. The summed E-state index contributed by atoms with van der Waals surface area (Å²) in [6.45, 7) is 4.49. The van der Waals surface area contributed by atoms with Crippen molar-refractivity contribution in [2.45, 2.75) is 32.7 Å². The number of carboxylic acid groups (broad SMARTS) is 1. The quantitative estimate of drug-likeness (QED) is 0.885. The molecule has 0 fully saturated rings. The maximum Gasteiger partial charge on any atom is 0.358 e. The summed E-state index contributed by atoms with van der Waals surface area (Å²) in [5.41, 5.74) is 1.85. The van der Waals surface area contributed by atoms with Crippen LogP contribution in [-0.2, 0) is 13.0 Å². The normalized spacial score (nSPS) is 10.9. The molecule has 0 aliphatic rings. The molecule has 6 heteroatoms. The molecule has 0 spiro atoms. The molecule has 19 heavy (non-hydrogen) atoms. The lowest BCUT2D eigenvalue weighted by Crippen LogP contribution is -2.11. The molecule has 0 amide bonds. The van der Waals surface area contributed by atoms with Crippen LogP contribution in [0.1, 0.15) is 41.5 Å². The van der Waals surface area contributed by atoms with Crippen molar-refractivity contribution >= 4 is 5.97 Å². The van der Waals surface area contributed by atoms with Crippen molar-refractivity contribution < 1.29 is 9.90 Å². The van der Waals surface area contributed by atoms with Crippen molar-refractivity contribution in [3.05, 3.63) is 41.5 Å². The molecule has 0 saturated carbocycles. The zero-order chi connectivity index (χ0) is 13.8. The zero-order valence-corrected chi connectivity index (χ0v) is 10.9. The first-order valence-electron chi connectivity index (χ1n) is 6.15. The molecular weight excluding hydrogens is 244 g/mol. The molecule has 2 aromatic heterocycles. The molecule has 0 radical (unpaired) electrons. The van der Waals surface area contributed by atoms with E-state index in [4.69, 9.17) is 5.11 Å². The van der Waals surface area contributed by atoms with E-state index in [1.807, 2.05) is 26.0 Å². The van der Waals surface area contributed by atoms with Crippen molar-refractivity contribution in [1.29, 1.82) is 0 Å². The minimum absolute atomic E-state index is 0.0460. The molecule has 2 rings (SSSR count). The van der Waals surface area contributed by atoms with E-state index in [-0.39, 0.29) is 11.6 Å². The van der Waals surface area contributed by atoms with E-state index < -0.39 is 5.97 Å². The second-order valence-corrected chi connectivity index (χ2v) is 4.61. The molecule has 0 aromatic carbocycles. The summed E-state index contributed by atoms with van der Waals surface area (Å²) >= 11 is 0. The van der Waals surface area contributed by atoms with Gasteiger partial charge in [-0.05, 0) is 30.0 Å². The molecule has 6 nitrogen and oxygen atoms in total. The van der Waals surface area contributed by atoms with E-state index in [1.54, 1.807) is 17.1 Å². The van der Waals surface area contributed by atoms with E-state index in [0.717, 1.165) is 12.0 Å². The molecule has 0 bridgehead atoms. The summed E-state index contributed by atoms with van der Waals surface area (Å²) in [6, 6.07) is 3.87. The van der Waals surface area contributed by atoms with Crippen LogP contribution in [0.4, 0.5) is 0 Å². The lowest BCUT2D eigenvalue weighted by Gasteiger charge is -2.09. The molecule has 0 saturated heterocycles. The average Bonchev–Trinajstić information content (AvgIpc) is 2.81. The second-order valence-electron chi connectivity index (χ2n) is 4.61. The van der Waals surface area contributed by atoms with Gasteiger partial charge in [0.05, 0.1) is 5.69 Å². The predicted octanol–water partition coefficient (Wildman–Crippen LogP) is 1.74. The fourth-order valence-corrected chi connectivity index (χ4v) is 1.99. The highest BCUT2D eigenvalue weighted by Gasteiger charge is 2.21. The van der Waals surface area contributed by atoms with Gasteiger partial charge in [-0.3, -0.25) is 4.98 Å². The van der Waals surface area contributed by atoms with Crippen LogP contribution in [0.3, 0.4) is 0 Å². The fourth-order valence-electron chi connectivity index (χ4n) is 1.99. The molecule has 0 aliphatic heterocycles. The highest BCUT2D eigenvalue weighted by Crippen LogP contribution is 2.18. The van der Waals surface area contributed by atoms with Gasteiger partial charge in [0.25, 0.3) is 0 Å². The van der Waals surface area contributed by atoms with Crippen molar-refractivity contribution in [2.75, 3.05) is 0 Å². The van der Waals surface area contributed by atoms with E-state index in [2.05, 4.69) is 15.3 Å². The molecular formula is C13H16N4O2. The Balaban J connectivity index is 2.19. The molecule has 2 aromatic rings. The van der Waals surface area contributed by atoms with Crippen LogP contribution in [0.25, 0.3) is 0 Å². The number of carboxylic acids is 1. The van der Waals surface area contributed by atoms with Crippen LogP contribution in [-0.4, -0.2) is 31.1 Å². The predicted molar refractivity (Wildman–Crippen MR) is 69.0 cm³/mol. The number of aromatic carboxylic acids is 1. The minimum atomic E-state index is -1.03. The SMILES string of the molecule is CC(C)c1c(C(=O)O)nnn1CCc1ccncc1. The van der Waals surface area contributed by atoms with Gasteiger partial charge in [0.15, 0.2) is 5.69 Å². The van der Waals surface area contributed by atoms with Gasteiger partial charge in [-0.2, -0.15) is 0 Å². The van der Waals surface area contributed by atoms with Crippen molar-refractivity contribution in [1.82, 2.24) is 20.0 Å². The number of hydrogen-bond donors (Lipinski definition) is 1. The molecule has 0 unspecified atom stereocenters. The lowest BCUT2D eigenvalue weighted by molar-refractivity contribution is 0.0688. The summed E-state index contributed by atoms with van der Waals surface area (Å²) in [6.07, 6.45) is 4.25. The van der Waals surface area contributed by atoms with E-state index >= 15 is 0 Å². The first-order chi connectivity index (χ1) is 9.09. The largest absolute Gasteiger partial charge is 0.476 e. The van der Waals surface area contributed by atoms with Gasteiger partial charge in [0.1, 0.15) is 0 Å². The van der Waals surface area contributed by atoms with Gasteiger partial charge in [-0.1, -0.05) is 19.1 Å². The Hall–Kier alpha value is -2.24. The first kappa shape index (κ1) is 13.2. The smallest absolute Gasteiger partial charge is 0.358 e. The summed E-state index contributed by atoms with van der Waals surface area (Å²) in [5.74, 6) is -0.961. The molecule has 0 aliphatic carbocycles. The second kappa shape index (κ2) is 5.60. The van der Waals surface area contributed by atoms with E-state index in [9.17, 15) is 4.79 Å². The molecule has 100 valence electrons. The highest BCUT2D eigenvalue weighted by molar-refractivity contribution is 5.86. The number of rotatable bonds is 5. The highest BCUT2D eigenvalue weighted by atomic mass is 16.4. The van der Waals surface area contributed by atoms with Crippen LogP contribution < -0.4 is 0 Å². The number of aryl methyl sites for hydroxylation is 2. The third-order valence-corrected chi connectivity index (χ3v) is 2.88. The lowest BCUT2D eigenvalue weighted by atomic mass is 10.1. The van der Waals surface area contributed by atoms with Crippen molar-refractivity contribution in [2.24, 2.45) is 0 Å². The number of hydrogen-bond acceptors (Lipinski definition) is 4. The van der Waals surface area contributed by atoms with Gasteiger partial charge in [0, 0.05) is 18.9 Å². The Labute approximate surface area is 111 Å². The minimum Gasteiger partial charge on any atom is -0.476 e. The summed E-state index contributed by atoms with van der Waals surface area (Å²) in [5, 5.41) is 16.8. The number of aromatic nitrogens is 4. The van der Waals surface area contributed by atoms with E-state index in [1.165, 1.54) is 0 Å². The van der Waals surface area contributed by atoms with Crippen LogP contribution in [0.5, 0.6) is 0 Å². The van der Waals surface area contributed by atoms with Crippen molar-refractivity contribution in [3.63, 3.8) is 0 Å². The zero-order valence-electron chi connectivity index (χ0n) is 10.9. The van der Waals surface area contributed by atoms with E-state index in [0.29, 0.717) is 12.2 Å². The van der Waals surface area contributed by atoms with Crippen LogP contribution in [0.15, 0.2) is 24.5 Å². The standard InChI is InChI=1S/C13H16N4O2/c1-9(2)12-11(13(18)19)15-16-17(12)8-5-10-3-6-14-7-4-10/h3-4,6-7,9H,5,8H2,1-2H3,(H,18,19). The average molecular weight is 260 g/mol. The Bertz CT molecular complexity index is 563. The first-order valence-corrected chi connectivity index (χ1v) is 6.15. The topological polar surface area (TPSA) is 80.9 Å². The fraction of sp³-hybridized carbons (Fsp3) is 0.385. The van der Waals surface area contributed by atoms with Gasteiger partial charge in [0.2, 0.25) is 0 Å². The summed E-state index contributed by atoms with van der Waals surface area (Å²) in [7, 11) is 0. The summed E-state index contributed by atoms with van der Waals surface area (Å²) < 4.78 is 1.68. The third kappa shape index (κ3) is 2.96.